The Labute approximate surface area is 139 Å². The molecule has 7 heteroatoms. The third-order valence-electron chi connectivity index (χ3n) is 3.07. The molecule has 2 N–H and O–H groups in total. The van der Waals surface area contributed by atoms with E-state index in [9.17, 15) is 9.18 Å². The van der Waals surface area contributed by atoms with E-state index in [0.717, 1.165) is 18.8 Å². The van der Waals surface area contributed by atoms with E-state index in [4.69, 9.17) is 11.6 Å². The Hall–Kier alpha value is -2.18. The maximum atomic E-state index is 13.1. The monoisotopic (exact) mass is 336 g/mol. The van der Waals surface area contributed by atoms with E-state index in [1.54, 1.807) is 12.3 Å². The van der Waals surface area contributed by atoms with Crippen molar-refractivity contribution in [2.75, 3.05) is 37.8 Å². The lowest BCUT2D eigenvalue weighted by atomic mass is 10.2. The fraction of sp³-hybridized carbons (Fsp3) is 0.250. The highest BCUT2D eigenvalue weighted by atomic mass is 35.5. The van der Waals surface area contributed by atoms with Gasteiger partial charge in [0.15, 0.2) is 0 Å². The molecule has 2 aromatic rings. The molecule has 0 aliphatic carbocycles. The summed E-state index contributed by atoms with van der Waals surface area (Å²) in [6.45, 7) is 1.61. The maximum Gasteiger partial charge on any atom is 0.257 e. The summed E-state index contributed by atoms with van der Waals surface area (Å²) in [4.78, 5) is 18.3. The van der Waals surface area contributed by atoms with Crippen molar-refractivity contribution < 1.29 is 9.18 Å². The first kappa shape index (κ1) is 17.2. The summed E-state index contributed by atoms with van der Waals surface area (Å²) in [6.07, 6.45) is 3.12. The van der Waals surface area contributed by atoms with Crippen molar-refractivity contribution in [1.29, 1.82) is 0 Å². The number of nitrogens with zero attached hydrogens (tertiary/aromatic N) is 2. The number of hydrogen-bond donors (Lipinski definition) is 2. The van der Waals surface area contributed by atoms with Gasteiger partial charge in [0.1, 0.15) is 5.82 Å². The lowest BCUT2D eigenvalue weighted by molar-refractivity contribution is 0.102. The average Bonchev–Trinajstić information content (AvgIpc) is 2.51. The Kier molecular flexibility index (Phi) is 5.90. The Bertz CT molecular complexity index is 694. The summed E-state index contributed by atoms with van der Waals surface area (Å²) in [5.74, 6) is -0.866. The molecule has 0 saturated carbocycles. The van der Waals surface area contributed by atoms with Crippen molar-refractivity contribution in [3.63, 3.8) is 0 Å². The van der Waals surface area contributed by atoms with E-state index in [2.05, 4.69) is 20.5 Å². The van der Waals surface area contributed by atoms with Crippen LogP contribution < -0.4 is 10.6 Å². The Morgan fingerprint density at radius 1 is 1.26 bits per heavy atom. The van der Waals surface area contributed by atoms with E-state index in [-0.39, 0.29) is 10.9 Å². The number of benzene rings is 1. The lowest BCUT2D eigenvalue weighted by Crippen LogP contribution is -2.21. The predicted octanol–water partition coefficient (Wildman–Crippen LogP) is 3.10. The smallest absolute Gasteiger partial charge is 0.257 e. The van der Waals surface area contributed by atoms with Gasteiger partial charge in [-0.2, -0.15) is 0 Å². The first-order valence-corrected chi connectivity index (χ1v) is 7.43. The van der Waals surface area contributed by atoms with Gasteiger partial charge in [-0.15, -0.1) is 0 Å². The quantitative estimate of drug-likeness (QED) is 0.851. The SMILES string of the molecule is CN(C)CCNc1cncc(C(=O)Nc2ccc(F)c(Cl)c2)c1. The summed E-state index contributed by atoms with van der Waals surface area (Å²) in [5, 5.41) is 5.82. The number of nitrogens with one attached hydrogen (secondary N) is 2. The number of carbonyl (C=O) groups is 1. The number of anilines is 2. The van der Waals surface area contributed by atoms with Crippen LogP contribution in [0.5, 0.6) is 0 Å². The standard InChI is InChI=1S/C16H18ClFN4O/c1-22(2)6-5-20-13-7-11(9-19-10-13)16(23)21-12-3-4-15(18)14(17)8-12/h3-4,7-10,20H,5-6H2,1-2H3,(H,21,23). The molecular weight excluding hydrogens is 319 g/mol. The van der Waals surface area contributed by atoms with Gasteiger partial charge in [0, 0.05) is 31.2 Å². The minimum Gasteiger partial charge on any atom is -0.382 e. The zero-order valence-corrected chi connectivity index (χ0v) is 13.7. The summed E-state index contributed by atoms with van der Waals surface area (Å²) in [5.41, 5.74) is 1.59. The van der Waals surface area contributed by atoms with Gasteiger partial charge in [0.2, 0.25) is 0 Å². The van der Waals surface area contributed by atoms with Gasteiger partial charge in [-0.1, -0.05) is 11.6 Å². The molecule has 1 heterocycles. The molecule has 23 heavy (non-hydrogen) atoms. The van der Waals surface area contributed by atoms with Crippen molar-refractivity contribution >= 4 is 28.9 Å². The second kappa shape index (κ2) is 7.89. The summed E-state index contributed by atoms with van der Waals surface area (Å²) < 4.78 is 13.1. The molecule has 0 unspecified atom stereocenters. The Morgan fingerprint density at radius 2 is 2.04 bits per heavy atom. The molecule has 5 nitrogen and oxygen atoms in total. The van der Waals surface area contributed by atoms with Crippen molar-refractivity contribution in [3.8, 4) is 0 Å². The molecule has 0 saturated heterocycles. The molecule has 0 radical (unpaired) electrons. The average molecular weight is 337 g/mol. The number of pyridine rings is 1. The van der Waals surface area contributed by atoms with Crippen LogP contribution in [-0.4, -0.2) is 43.0 Å². The van der Waals surface area contributed by atoms with Crippen molar-refractivity contribution in [2.45, 2.75) is 0 Å². The number of aromatic nitrogens is 1. The fourth-order valence-corrected chi connectivity index (χ4v) is 2.04. The van der Waals surface area contributed by atoms with Crippen molar-refractivity contribution in [3.05, 3.63) is 53.1 Å². The highest BCUT2D eigenvalue weighted by molar-refractivity contribution is 6.31. The third-order valence-corrected chi connectivity index (χ3v) is 3.36. The number of carbonyl (C=O) groups excluding carboxylic acids is 1. The molecule has 1 aromatic heterocycles. The number of amides is 1. The molecule has 0 aliphatic rings. The first-order chi connectivity index (χ1) is 11.0. The van der Waals surface area contributed by atoms with Gasteiger partial charge >= 0.3 is 0 Å². The van der Waals surface area contributed by atoms with Crippen molar-refractivity contribution in [2.24, 2.45) is 0 Å². The molecular formula is C16H18ClFN4O. The van der Waals surface area contributed by atoms with E-state index in [0.29, 0.717) is 11.3 Å². The van der Waals surface area contributed by atoms with Gasteiger partial charge in [-0.25, -0.2) is 4.39 Å². The number of halogens is 2. The van der Waals surface area contributed by atoms with E-state index in [1.807, 2.05) is 14.1 Å². The molecule has 122 valence electrons. The van der Waals surface area contributed by atoms with Gasteiger partial charge in [-0.05, 0) is 38.4 Å². The van der Waals surface area contributed by atoms with Crippen molar-refractivity contribution in [1.82, 2.24) is 9.88 Å². The molecule has 0 aliphatic heterocycles. The number of hydrogen-bond acceptors (Lipinski definition) is 4. The van der Waals surface area contributed by atoms with Gasteiger partial charge in [0.25, 0.3) is 5.91 Å². The third kappa shape index (κ3) is 5.19. The molecule has 0 fully saturated rings. The summed E-state index contributed by atoms with van der Waals surface area (Å²) in [7, 11) is 3.97. The van der Waals surface area contributed by atoms with E-state index < -0.39 is 5.82 Å². The molecule has 2 rings (SSSR count). The number of rotatable bonds is 6. The van der Waals surface area contributed by atoms with E-state index >= 15 is 0 Å². The molecule has 0 atom stereocenters. The minimum absolute atomic E-state index is 0.0416. The fourth-order valence-electron chi connectivity index (χ4n) is 1.86. The minimum atomic E-state index is -0.529. The van der Waals surface area contributed by atoms with Crippen LogP contribution >= 0.6 is 11.6 Å². The molecule has 0 bridgehead atoms. The van der Waals surface area contributed by atoms with Gasteiger partial charge in [-0.3, -0.25) is 9.78 Å². The van der Waals surface area contributed by atoms with E-state index in [1.165, 1.54) is 24.4 Å². The first-order valence-electron chi connectivity index (χ1n) is 7.06. The topological polar surface area (TPSA) is 57.3 Å². The maximum absolute atomic E-state index is 13.1. The van der Waals surface area contributed by atoms with Crippen LogP contribution in [0.25, 0.3) is 0 Å². The zero-order chi connectivity index (χ0) is 16.8. The largest absolute Gasteiger partial charge is 0.382 e. The predicted molar refractivity (Wildman–Crippen MR) is 90.6 cm³/mol. The second-order valence-electron chi connectivity index (χ2n) is 5.28. The van der Waals surface area contributed by atoms with Gasteiger partial charge < -0.3 is 15.5 Å². The normalized spacial score (nSPS) is 10.7. The number of likely N-dealkylation sites (N-methyl/N-ethyl adjacent to an activating group) is 1. The summed E-state index contributed by atoms with van der Waals surface area (Å²) in [6, 6.07) is 5.73. The second-order valence-corrected chi connectivity index (χ2v) is 5.68. The highest BCUT2D eigenvalue weighted by Gasteiger charge is 2.09. The van der Waals surface area contributed by atoms with Crippen LogP contribution in [0.1, 0.15) is 10.4 Å². The Morgan fingerprint density at radius 3 is 2.74 bits per heavy atom. The van der Waals surface area contributed by atoms with Crippen LogP contribution in [-0.2, 0) is 0 Å². The summed E-state index contributed by atoms with van der Waals surface area (Å²) >= 11 is 5.70. The van der Waals surface area contributed by atoms with Crippen LogP contribution in [0.15, 0.2) is 36.7 Å². The molecule has 1 aromatic carbocycles. The molecule has 1 amide bonds. The van der Waals surface area contributed by atoms with Crippen LogP contribution in [0.3, 0.4) is 0 Å². The van der Waals surface area contributed by atoms with Crippen LogP contribution in [0, 0.1) is 5.82 Å². The Balaban J connectivity index is 2.02. The molecule has 0 spiro atoms. The zero-order valence-electron chi connectivity index (χ0n) is 12.9. The van der Waals surface area contributed by atoms with Crippen LogP contribution in [0.2, 0.25) is 5.02 Å². The van der Waals surface area contributed by atoms with Gasteiger partial charge in [0.05, 0.1) is 16.3 Å². The highest BCUT2D eigenvalue weighted by Crippen LogP contribution is 2.20. The lowest BCUT2D eigenvalue weighted by Gasteiger charge is -2.12. The van der Waals surface area contributed by atoms with Crippen LogP contribution in [0.4, 0.5) is 15.8 Å².